The van der Waals surface area contributed by atoms with Crippen molar-refractivity contribution in [3.05, 3.63) is 70.2 Å². The number of aliphatic hydroxyl groups excluding tert-OH is 1. The molecule has 0 radical (unpaired) electrons. The molecule has 134 valence electrons. The van der Waals surface area contributed by atoms with E-state index in [2.05, 4.69) is 10.3 Å². The van der Waals surface area contributed by atoms with Crippen LogP contribution >= 0.6 is 0 Å². The number of rotatable bonds is 7. The molecule has 0 atom stereocenters. The Balaban J connectivity index is 1.78. The zero-order valence-electron chi connectivity index (χ0n) is 13.7. The lowest BCUT2D eigenvalue weighted by Crippen LogP contribution is -2.13. The highest BCUT2D eigenvalue weighted by molar-refractivity contribution is 5.96. The molecular weight excluding hydrogens is 340 g/mol. The maximum absolute atomic E-state index is 12.4. The van der Waals surface area contributed by atoms with Gasteiger partial charge in [0.15, 0.2) is 0 Å². The predicted octanol–water partition coefficient (Wildman–Crippen LogP) is 2.00. The number of anilines is 1. The highest BCUT2D eigenvalue weighted by Crippen LogP contribution is 2.23. The number of hydrogen-bond donors (Lipinski definition) is 2. The van der Waals surface area contributed by atoms with Crippen molar-refractivity contribution in [2.45, 2.75) is 6.61 Å². The number of esters is 1. The molecule has 0 aliphatic rings. The quantitative estimate of drug-likeness (QED) is 0.377. The Morgan fingerprint density at radius 2 is 2.19 bits per heavy atom. The molecule has 0 fully saturated rings. The van der Waals surface area contributed by atoms with Gasteiger partial charge in [-0.3, -0.25) is 10.1 Å². The van der Waals surface area contributed by atoms with E-state index < -0.39 is 10.9 Å². The van der Waals surface area contributed by atoms with E-state index in [1.165, 1.54) is 12.1 Å². The molecule has 9 heteroatoms. The van der Waals surface area contributed by atoms with Gasteiger partial charge in [0.05, 0.1) is 22.8 Å². The number of nitrogens with zero attached hydrogens (tertiary/aromatic N) is 3. The number of nitro benzene ring substituents is 1. The van der Waals surface area contributed by atoms with Gasteiger partial charge in [0, 0.05) is 36.8 Å². The van der Waals surface area contributed by atoms with Crippen LogP contribution in [0.2, 0.25) is 0 Å². The van der Waals surface area contributed by atoms with Crippen molar-refractivity contribution < 1.29 is 19.6 Å². The summed E-state index contributed by atoms with van der Waals surface area (Å²) in [5.41, 5.74) is 1.43. The monoisotopic (exact) mass is 356 g/mol. The Morgan fingerprint density at radius 1 is 1.35 bits per heavy atom. The van der Waals surface area contributed by atoms with Crippen molar-refractivity contribution in [3.63, 3.8) is 0 Å². The Labute approximate surface area is 148 Å². The third-order valence-corrected chi connectivity index (χ3v) is 3.63. The van der Waals surface area contributed by atoms with Crippen LogP contribution < -0.4 is 5.32 Å². The first-order chi connectivity index (χ1) is 12.6. The molecule has 0 aliphatic carbocycles. The third kappa shape index (κ3) is 3.78. The molecule has 26 heavy (non-hydrogen) atoms. The van der Waals surface area contributed by atoms with Gasteiger partial charge in [0.2, 0.25) is 0 Å². The van der Waals surface area contributed by atoms with Crippen LogP contribution in [-0.2, 0) is 11.3 Å². The first-order valence-electron chi connectivity index (χ1n) is 7.81. The van der Waals surface area contributed by atoms with Gasteiger partial charge in [-0.2, -0.15) is 0 Å². The van der Waals surface area contributed by atoms with Crippen molar-refractivity contribution in [1.29, 1.82) is 0 Å². The smallest absolute Gasteiger partial charge is 0.340 e. The highest BCUT2D eigenvalue weighted by Gasteiger charge is 2.18. The van der Waals surface area contributed by atoms with Crippen molar-refractivity contribution in [3.8, 4) is 0 Å². The molecule has 3 rings (SSSR count). The van der Waals surface area contributed by atoms with Gasteiger partial charge >= 0.3 is 5.97 Å². The first-order valence-corrected chi connectivity index (χ1v) is 7.81. The number of imidazole rings is 1. The SMILES string of the molecule is O=C(OCc1cn2ccccc2n1)c1cc([N+](=O)[O-])ccc1NCCO. The van der Waals surface area contributed by atoms with Crippen molar-refractivity contribution in [1.82, 2.24) is 9.38 Å². The fourth-order valence-electron chi connectivity index (χ4n) is 2.43. The third-order valence-electron chi connectivity index (χ3n) is 3.63. The highest BCUT2D eigenvalue weighted by atomic mass is 16.6. The summed E-state index contributed by atoms with van der Waals surface area (Å²) < 4.78 is 7.06. The molecule has 2 aromatic heterocycles. The van der Waals surface area contributed by atoms with Crippen LogP contribution in [0.1, 0.15) is 16.1 Å². The van der Waals surface area contributed by atoms with Crippen molar-refractivity contribution >= 4 is 23.0 Å². The van der Waals surface area contributed by atoms with Gasteiger partial charge < -0.3 is 19.6 Å². The zero-order chi connectivity index (χ0) is 18.5. The average molecular weight is 356 g/mol. The Morgan fingerprint density at radius 3 is 2.92 bits per heavy atom. The fourth-order valence-corrected chi connectivity index (χ4v) is 2.43. The molecule has 1 aromatic carbocycles. The molecule has 2 N–H and O–H groups in total. The largest absolute Gasteiger partial charge is 0.455 e. The van der Waals surface area contributed by atoms with Crippen LogP contribution in [0.4, 0.5) is 11.4 Å². The van der Waals surface area contributed by atoms with E-state index in [0.29, 0.717) is 11.4 Å². The molecule has 0 unspecified atom stereocenters. The predicted molar refractivity (Wildman–Crippen MR) is 93.0 cm³/mol. The van der Waals surface area contributed by atoms with Gasteiger partial charge in [-0.05, 0) is 18.2 Å². The number of non-ortho nitro benzene ring substituents is 1. The summed E-state index contributed by atoms with van der Waals surface area (Å²) in [6.07, 6.45) is 3.56. The molecule has 0 spiro atoms. The molecule has 0 amide bonds. The summed E-state index contributed by atoms with van der Waals surface area (Å²) in [7, 11) is 0. The standard InChI is InChI=1S/C17H16N4O5/c22-8-6-18-15-5-4-13(21(24)25)9-14(15)17(23)26-11-12-10-20-7-2-1-3-16(20)19-12/h1-5,7,9-10,18,22H,6,8,11H2. The zero-order valence-corrected chi connectivity index (χ0v) is 13.7. The number of carbonyl (C=O) groups is 1. The second kappa shape index (κ2) is 7.62. The number of benzene rings is 1. The maximum atomic E-state index is 12.4. The molecular formula is C17H16N4O5. The number of pyridine rings is 1. The van der Waals surface area contributed by atoms with Gasteiger partial charge in [-0.1, -0.05) is 6.07 Å². The van der Waals surface area contributed by atoms with Crippen LogP contribution in [0, 0.1) is 10.1 Å². The van der Waals surface area contributed by atoms with E-state index in [-0.39, 0.29) is 31.0 Å². The van der Waals surface area contributed by atoms with Crippen LogP contribution in [-0.4, -0.2) is 38.5 Å². The van der Waals surface area contributed by atoms with Crippen LogP contribution in [0.3, 0.4) is 0 Å². The number of carbonyl (C=O) groups excluding carboxylic acids is 1. The van der Waals surface area contributed by atoms with E-state index in [1.54, 1.807) is 10.6 Å². The first kappa shape index (κ1) is 17.4. The van der Waals surface area contributed by atoms with Gasteiger partial charge in [-0.15, -0.1) is 0 Å². The maximum Gasteiger partial charge on any atom is 0.340 e. The van der Waals surface area contributed by atoms with Crippen LogP contribution in [0.15, 0.2) is 48.8 Å². The van der Waals surface area contributed by atoms with Crippen molar-refractivity contribution in [2.24, 2.45) is 0 Å². The number of ether oxygens (including phenoxy) is 1. The van der Waals surface area contributed by atoms with Gasteiger partial charge in [-0.25, -0.2) is 9.78 Å². The second-order valence-corrected chi connectivity index (χ2v) is 5.41. The average Bonchev–Trinajstić information content (AvgIpc) is 3.07. The number of nitro groups is 1. The van der Waals surface area contributed by atoms with E-state index in [4.69, 9.17) is 9.84 Å². The molecule has 0 bridgehead atoms. The molecule has 3 aromatic rings. The van der Waals surface area contributed by atoms with Crippen LogP contribution in [0.25, 0.3) is 5.65 Å². The normalized spacial score (nSPS) is 10.7. The molecule has 0 saturated heterocycles. The molecule has 0 saturated carbocycles. The topological polar surface area (TPSA) is 119 Å². The Hall–Kier alpha value is -3.46. The number of aromatic nitrogens is 2. The van der Waals surface area contributed by atoms with E-state index in [9.17, 15) is 14.9 Å². The summed E-state index contributed by atoms with van der Waals surface area (Å²) in [5.74, 6) is -0.716. The van der Waals surface area contributed by atoms with E-state index in [1.807, 2.05) is 24.4 Å². The summed E-state index contributed by atoms with van der Waals surface area (Å²) in [6.45, 7) is -0.0140. The van der Waals surface area contributed by atoms with E-state index in [0.717, 1.165) is 11.7 Å². The Kier molecular flexibility index (Phi) is 5.09. The number of aliphatic hydroxyl groups is 1. The summed E-state index contributed by atoms with van der Waals surface area (Å²) in [5, 5.41) is 22.7. The lowest BCUT2D eigenvalue weighted by molar-refractivity contribution is -0.384. The van der Waals surface area contributed by atoms with Gasteiger partial charge in [0.1, 0.15) is 12.3 Å². The summed E-state index contributed by atoms with van der Waals surface area (Å²) in [6, 6.07) is 9.36. The lowest BCUT2D eigenvalue weighted by atomic mass is 10.1. The van der Waals surface area contributed by atoms with E-state index >= 15 is 0 Å². The number of nitrogens with one attached hydrogen (secondary N) is 1. The lowest BCUT2D eigenvalue weighted by Gasteiger charge is -2.10. The molecule has 2 heterocycles. The fraction of sp³-hybridized carbons (Fsp3) is 0.176. The molecule has 0 aliphatic heterocycles. The van der Waals surface area contributed by atoms with Crippen molar-refractivity contribution in [2.75, 3.05) is 18.5 Å². The minimum absolute atomic E-state index is 0.0245. The van der Waals surface area contributed by atoms with Gasteiger partial charge in [0.25, 0.3) is 5.69 Å². The minimum Gasteiger partial charge on any atom is -0.455 e. The summed E-state index contributed by atoms with van der Waals surface area (Å²) in [4.78, 5) is 27.1. The molecule has 9 nitrogen and oxygen atoms in total. The Bertz CT molecular complexity index is 920. The second-order valence-electron chi connectivity index (χ2n) is 5.41. The van der Waals surface area contributed by atoms with Crippen LogP contribution in [0.5, 0.6) is 0 Å². The number of fused-ring (bicyclic) bond motifs is 1. The minimum atomic E-state index is -0.716. The summed E-state index contributed by atoms with van der Waals surface area (Å²) >= 11 is 0. The number of hydrogen-bond acceptors (Lipinski definition) is 7.